The van der Waals surface area contributed by atoms with E-state index in [0.717, 1.165) is 80.7 Å². The highest BCUT2D eigenvalue weighted by Crippen LogP contribution is 2.26. The molecule has 0 atom stereocenters. The van der Waals surface area contributed by atoms with Gasteiger partial charge in [0.15, 0.2) is 5.96 Å². The van der Waals surface area contributed by atoms with Crippen LogP contribution in [-0.4, -0.2) is 53.2 Å². The van der Waals surface area contributed by atoms with Crippen molar-refractivity contribution in [3.8, 4) is 5.69 Å². The van der Waals surface area contributed by atoms with Crippen LogP contribution in [0.3, 0.4) is 0 Å². The van der Waals surface area contributed by atoms with E-state index in [0.29, 0.717) is 12.2 Å². The molecule has 0 aliphatic heterocycles. The molecule has 10 nitrogen and oxygen atoms in total. The highest BCUT2D eigenvalue weighted by atomic mass is 16.1. The number of nitrogens with two attached hydrogens (primary N) is 3. The fourth-order valence-electron chi connectivity index (χ4n) is 5.37. The second kappa shape index (κ2) is 18.7. The third kappa shape index (κ3) is 13.1. The number of guanidine groups is 1. The quantitative estimate of drug-likeness (QED) is 0.0576. The molecular formula is C39H61N9O. The van der Waals surface area contributed by atoms with Crippen molar-refractivity contribution in [2.45, 2.75) is 97.9 Å². The Kier molecular flexibility index (Phi) is 15.0. The van der Waals surface area contributed by atoms with Crippen LogP contribution in [-0.2, 0) is 30.2 Å². The largest absolute Gasteiger partial charge is 0.370 e. The van der Waals surface area contributed by atoms with Crippen LogP contribution in [0.5, 0.6) is 0 Å². The van der Waals surface area contributed by atoms with E-state index < -0.39 is 0 Å². The molecule has 2 aromatic carbocycles. The van der Waals surface area contributed by atoms with Gasteiger partial charge in [-0.05, 0) is 104 Å². The van der Waals surface area contributed by atoms with Gasteiger partial charge in [-0.15, -0.1) is 0 Å². The number of likely N-dealkylation sites (N-methyl/N-ethyl adjacent to an activating group) is 1. The second-order valence-corrected chi connectivity index (χ2v) is 14.8. The van der Waals surface area contributed by atoms with E-state index in [2.05, 4.69) is 98.3 Å². The number of aryl methyl sites for hydroxylation is 1. The van der Waals surface area contributed by atoms with Crippen LogP contribution >= 0.6 is 0 Å². The normalized spacial score (nSPS) is 11.8. The molecule has 49 heavy (non-hydrogen) atoms. The van der Waals surface area contributed by atoms with Gasteiger partial charge in [0.1, 0.15) is 5.65 Å². The Morgan fingerprint density at radius 3 is 2.16 bits per heavy atom. The summed E-state index contributed by atoms with van der Waals surface area (Å²) in [5, 5.41) is 7.68. The smallest absolute Gasteiger partial charge is 0.354 e. The lowest BCUT2D eigenvalue weighted by molar-refractivity contribution is 0.574. The molecule has 0 aliphatic carbocycles. The van der Waals surface area contributed by atoms with Crippen LogP contribution in [0, 0.1) is 0 Å². The molecule has 2 aromatic heterocycles. The Hall–Kier alpha value is -3.99. The van der Waals surface area contributed by atoms with Crippen molar-refractivity contribution < 1.29 is 0 Å². The van der Waals surface area contributed by atoms with Crippen LogP contribution < -0.4 is 33.5 Å². The summed E-state index contributed by atoms with van der Waals surface area (Å²) in [5.74, 6) is 0.123. The van der Waals surface area contributed by atoms with E-state index in [-0.39, 0.29) is 22.5 Å². The van der Waals surface area contributed by atoms with Gasteiger partial charge in [-0.25, -0.2) is 4.79 Å². The number of hydrogen-bond acceptors (Lipinski definition) is 6. The lowest BCUT2D eigenvalue weighted by Crippen LogP contribution is -2.23. The summed E-state index contributed by atoms with van der Waals surface area (Å²) in [6.45, 7) is 20.5. The molecule has 0 fully saturated rings. The van der Waals surface area contributed by atoms with E-state index in [4.69, 9.17) is 17.2 Å². The number of hydrogen-bond donors (Lipinski definition) is 6. The van der Waals surface area contributed by atoms with Crippen molar-refractivity contribution in [2.24, 2.45) is 22.2 Å². The number of aromatic nitrogens is 3. The summed E-state index contributed by atoms with van der Waals surface area (Å²) in [7, 11) is 0. The second-order valence-electron chi connectivity index (χ2n) is 14.8. The molecule has 0 bridgehead atoms. The molecule has 268 valence electrons. The summed E-state index contributed by atoms with van der Waals surface area (Å²) >= 11 is 0. The Labute approximate surface area is 293 Å². The number of fused-ring (bicyclic) bond motifs is 1. The maximum atomic E-state index is 12.5. The third-order valence-corrected chi connectivity index (χ3v) is 8.34. The van der Waals surface area contributed by atoms with Crippen molar-refractivity contribution in [3.63, 3.8) is 0 Å². The Balaban J connectivity index is 0.000000286. The maximum absolute atomic E-state index is 12.5. The molecule has 0 aliphatic rings. The van der Waals surface area contributed by atoms with Crippen LogP contribution in [0.1, 0.15) is 95.7 Å². The van der Waals surface area contributed by atoms with Gasteiger partial charge in [0, 0.05) is 35.8 Å². The number of H-pyrrole nitrogens is 1. The van der Waals surface area contributed by atoms with E-state index in [1.807, 2.05) is 30.5 Å². The molecule has 0 saturated heterocycles. The van der Waals surface area contributed by atoms with Crippen molar-refractivity contribution in [2.75, 3.05) is 32.7 Å². The van der Waals surface area contributed by atoms with Crippen molar-refractivity contribution in [1.29, 1.82) is 0 Å². The highest BCUT2D eigenvalue weighted by Gasteiger charge is 2.18. The molecule has 9 N–H and O–H groups in total. The highest BCUT2D eigenvalue weighted by molar-refractivity contribution is 5.76. The minimum Gasteiger partial charge on any atom is -0.370 e. The fourth-order valence-corrected chi connectivity index (χ4v) is 5.37. The zero-order chi connectivity index (χ0) is 36.0. The Morgan fingerprint density at radius 2 is 1.55 bits per heavy atom. The number of aromatic amines is 1. The van der Waals surface area contributed by atoms with Crippen LogP contribution in [0.25, 0.3) is 16.7 Å². The molecule has 0 saturated carbocycles. The van der Waals surface area contributed by atoms with Crippen molar-refractivity contribution >= 4 is 17.0 Å². The van der Waals surface area contributed by atoms with Gasteiger partial charge in [-0.2, -0.15) is 4.98 Å². The number of nitrogens with zero attached hydrogens (tertiary/aromatic N) is 3. The standard InChI is InChI=1S/C21H29N7O.C18H32N2/c1-21(2,3)17-11-15-13-28(20(29)27-18(15)26-17)16-7-5-14(6-8-16)12-24-9-4-10-25-19(22)23;1-5-20-11-9-16-12-15(8-6-7-10-19)13-17(14-16)18(2,3)4/h5-8,11,13,24H,4,9-10,12H2,1-3H3,(H4,22,23,25)(H,26,27,29);12-14,20H,5-11,19H2,1-4H3. The van der Waals surface area contributed by atoms with Gasteiger partial charge in [0.25, 0.3) is 0 Å². The molecule has 0 amide bonds. The summed E-state index contributed by atoms with van der Waals surface area (Å²) in [6.07, 6.45) is 7.28. The fraction of sp³-hybridized carbons (Fsp3) is 0.513. The van der Waals surface area contributed by atoms with Gasteiger partial charge in [0.05, 0.1) is 5.69 Å². The third-order valence-electron chi connectivity index (χ3n) is 8.34. The van der Waals surface area contributed by atoms with Crippen LogP contribution in [0.4, 0.5) is 0 Å². The SMILES string of the molecule is CC(C)(C)c1cc2cn(-c3ccc(CNCCCN=C(N)N)cc3)c(=O)nc2[nH]1.CCNCCc1cc(CCCCN)cc(C(C)(C)C)c1. The van der Waals surface area contributed by atoms with Crippen LogP contribution in [0.15, 0.2) is 64.5 Å². The lowest BCUT2D eigenvalue weighted by atomic mass is 9.84. The average molecular weight is 672 g/mol. The first-order valence-electron chi connectivity index (χ1n) is 17.7. The summed E-state index contributed by atoms with van der Waals surface area (Å²) < 4.78 is 1.58. The van der Waals surface area contributed by atoms with E-state index in [9.17, 15) is 4.79 Å². The number of benzene rings is 2. The van der Waals surface area contributed by atoms with E-state index in [1.165, 1.54) is 23.1 Å². The molecule has 4 rings (SSSR count). The minimum atomic E-state index is -0.301. The van der Waals surface area contributed by atoms with Gasteiger partial charge < -0.3 is 32.8 Å². The Morgan fingerprint density at radius 1 is 0.857 bits per heavy atom. The molecule has 0 radical (unpaired) electrons. The predicted octanol–water partition coefficient (Wildman–Crippen LogP) is 5.18. The minimum absolute atomic E-state index is 0.0352. The Bertz CT molecular complexity index is 1640. The van der Waals surface area contributed by atoms with Crippen molar-refractivity contribution in [1.82, 2.24) is 25.2 Å². The molecule has 10 heteroatoms. The molecule has 2 heterocycles. The topological polar surface area (TPSA) is 165 Å². The van der Waals surface area contributed by atoms with Gasteiger partial charge in [-0.3, -0.25) is 9.56 Å². The number of rotatable bonds is 15. The number of nitrogens with one attached hydrogen (secondary N) is 3. The number of aliphatic imine (C=N–C) groups is 1. The molecule has 0 unspecified atom stereocenters. The predicted molar refractivity (Wildman–Crippen MR) is 207 cm³/mol. The average Bonchev–Trinajstić information content (AvgIpc) is 3.46. The van der Waals surface area contributed by atoms with Gasteiger partial charge in [0.2, 0.25) is 0 Å². The zero-order valence-corrected chi connectivity index (χ0v) is 31.0. The summed E-state index contributed by atoms with van der Waals surface area (Å²) in [6, 6.07) is 17.1. The molecule has 0 spiro atoms. The summed E-state index contributed by atoms with van der Waals surface area (Å²) in [5.41, 5.74) is 24.1. The number of unbranched alkanes of at least 4 members (excludes halogenated alkanes) is 1. The monoisotopic (exact) mass is 671 g/mol. The molecule has 4 aromatic rings. The zero-order valence-electron chi connectivity index (χ0n) is 31.0. The first-order chi connectivity index (χ1) is 23.2. The lowest BCUT2D eigenvalue weighted by Gasteiger charge is -2.21. The van der Waals surface area contributed by atoms with Crippen LogP contribution in [0.2, 0.25) is 0 Å². The van der Waals surface area contributed by atoms with Gasteiger partial charge in [-0.1, -0.05) is 78.8 Å². The van der Waals surface area contributed by atoms with E-state index in [1.54, 1.807) is 4.57 Å². The molecular weight excluding hydrogens is 610 g/mol. The first-order valence-corrected chi connectivity index (χ1v) is 17.7. The maximum Gasteiger partial charge on any atom is 0.354 e. The van der Waals surface area contributed by atoms with E-state index >= 15 is 0 Å². The first kappa shape index (κ1) is 39.4. The van der Waals surface area contributed by atoms with Crippen molar-refractivity contribution in [3.05, 3.63) is 93.2 Å². The van der Waals surface area contributed by atoms with Gasteiger partial charge >= 0.3 is 5.69 Å². The summed E-state index contributed by atoms with van der Waals surface area (Å²) in [4.78, 5) is 23.9.